The molecule has 0 spiro atoms. The molecule has 2 rings (SSSR count). The van der Waals surface area contributed by atoms with E-state index in [4.69, 9.17) is 5.73 Å². The van der Waals surface area contributed by atoms with Crippen LogP contribution in [0.25, 0.3) is 0 Å². The zero-order valence-electron chi connectivity index (χ0n) is 10.6. The number of allylic oxidation sites excluding steroid dienone is 4. The molecule has 1 heteroatoms. The lowest BCUT2D eigenvalue weighted by molar-refractivity contribution is 0.152. The third-order valence-electron chi connectivity index (χ3n) is 4.57. The maximum atomic E-state index is 5.61. The summed E-state index contributed by atoms with van der Waals surface area (Å²) in [7, 11) is 0. The lowest BCUT2D eigenvalue weighted by Gasteiger charge is -2.42. The Labute approximate surface area is 99.8 Å². The van der Waals surface area contributed by atoms with E-state index in [2.05, 4.69) is 38.2 Å². The fourth-order valence-corrected chi connectivity index (χ4v) is 3.62. The van der Waals surface area contributed by atoms with E-state index in [1.54, 1.807) is 0 Å². The van der Waals surface area contributed by atoms with Gasteiger partial charge in [-0.2, -0.15) is 0 Å². The summed E-state index contributed by atoms with van der Waals surface area (Å²) in [5.74, 6) is 3.99. The van der Waals surface area contributed by atoms with Crippen LogP contribution >= 0.6 is 0 Å². The molecule has 0 amide bonds. The fraction of sp³-hybridized carbons (Fsp3) is 0.733. The maximum absolute atomic E-state index is 5.61. The van der Waals surface area contributed by atoms with Gasteiger partial charge in [-0.3, -0.25) is 0 Å². The second kappa shape index (κ2) is 5.18. The van der Waals surface area contributed by atoms with Crippen molar-refractivity contribution in [3.63, 3.8) is 0 Å². The minimum atomic E-state index is 0.702. The van der Waals surface area contributed by atoms with E-state index in [1.807, 2.05) is 0 Å². The average molecular weight is 219 g/mol. The van der Waals surface area contributed by atoms with E-state index in [9.17, 15) is 0 Å². The van der Waals surface area contributed by atoms with E-state index < -0.39 is 0 Å². The van der Waals surface area contributed by atoms with Gasteiger partial charge in [-0.1, -0.05) is 38.2 Å². The number of rotatable bonds is 3. The van der Waals surface area contributed by atoms with Crippen LogP contribution in [-0.4, -0.2) is 6.54 Å². The van der Waals surface area contributed by atoms with Crippen LogP contribution in [0, 0.1) is 29.6 Å². The van der Waals surface area contributed by atoms with Crippen molar-refractivity contribution in [2.75, 3.05) is 6.54 Å². The van der Waals surface area contributed by atoms with Crippen molar-refractivity contribution >= 4 is 0 Å². The van der Waals surface area contributed by atoms with E-state index in [1.165, 1.54) is 19.3 Å². The highest BCUT2D eigenvalue weighted by atomic mass is 14.5. The van der Waals surface area contributed by atoms with Crippen molar-refractivity contribution in [1.29, 1.82) is 0 Å². The Hall–Kier alpha value is -0.560. The van der Waals surface area contributed by atoms with Crippen LogP contribution in [0.5, 0.6) is 0 Å². The standard InChI is InChI=1S/C15H25N/c1-11-5-3-6-14-9-8-13(7-4-10-16)12(2)15(11)14/h3,6,8-9,11-15H,4-5,7,10,16H2,1-2H3. The van der Waals surface area contributed by atoms with Crippen LogP contribution in [0.2, 0.25) is 0 Å². The average Bonchev–Trinajstić information content (AvgIpc) is 2.28. The second-order valence-electron chi connectivity index (χ2n) is 5.63. The molecule has 5 atom stereocenters. The van der Waals surface area contributed by atoms with Gasteiger partial charge in [0.1, 0.15) is 0 Å². The van der Waals surface area contributed by atoms with Crippen molar-refractivity contribution in [2.45, 2.75) is 33.1 Å². The lowest BCUT2D eigenvalue weighted by atomic mass is 9.63. The smallest absolute Gasteiger partial charge is 0.00197 e. The summed E-state index contributed by atoms with van der Waals surface area (Å²) in [4.78, 5) is 0. The summed E-state index contributed by atoms with van der Waals surface area (Å²) in [6.07, 6.45) is 13.4. The molecule has 0 fully saturated rings. The second-order valence-corrected chi connectivity index (χ2v) is 5.63. The Morgan fingerprint density at radius 3 is 2.75 bits per heavy atom. The molecule has 90 valence electrons. The van der Waals surface area contributed by atoms with E-state index in [-0.39, 0.29) is 0 Å². The first-order valence-corrected chi connectivity index (χ1v) is 6.79. The van der Waals surface area contributed by atoms with Gasteiger partial charge in [-0.25, -0.2) is 0 Å². The predicted octanol–water partition coefficient (Wildman–Crippen LogP) is 3.38. The zero-order valence-corrected chi connectivity index (χ0v) is 10.6. The molecule has 5 unspecified atom stereocenters. The van der Waals surface area contributed by atoms with Gasteiger partial charge >= 0.3 is 0 Å². The number of hydrogen-bond donors (Lipinski definition) is 1. The van der Waals surface area contributed by atoms with Crippen molar-refractivity contribution < 1.29 is 0 Å². The molecule has 0 aromatic rings. The van der Waals surface area contributed by atoms with Gasteiger partial charge in [0.2, 0.25) is 0 Å². The Morgan fingerprint density at radius 1 is 1.19 bits per heavy atom. The molecular formula is C15H25N. The van der Waals surface area contributed by atoms with Gasteiger partial charge < -0.3 is 5.73 Å². The fourth-order valence-electron chi connectivity index (χ4n) is 3.62. The van der Waals surface area contributed by atoms with Gasteiger partial charge in [0.25, 0.3) is 0 Å². The van der Waals surface area contributed by atoms with Crippen LogP contribution in [0.3, 0.4) is 0 Å². The Balaban J connectivity index is 2.09. The molecule has 16 heavy (non-hydrogen) atoms. The Bertz CT molecular complexity index is 279. The molecule has 0 saturated heterocycles. The quantitative estimate of drug-likeness (QED) is 0.724. The summed E-state index contributed by atoms with van der Waals surface area (Å²) in [5, 5.41) is 0. The Morgan fingerprint density at radius 2 is 2.00 bits per heavy atom. The van der Waals surface area contributed by atoms with Crippen molar-refractivity contribution in [1.82, 2.24) is 0 Å². The molecule has 0 aliphatic heterocycles. The van der Waals surface area contributed by atoms with Crippen LogP contribution in [0.15, 0.2) is 24.3 Å². The number of nitrogens with two attached hydrogens (primary N) is 1. The highest BCUT2D eigenvalue weighted by Gasteiger charge is 2.36. The third kappa shape index (κ3) is 2.24. The molecule has 2 aliphatic rings. The topological polar surface area (TPSA) is 26.0 Å². The lowest BCUT2D eigenvalue weighted by Crippen LogP contribution is -2.35. The SMILES string of the molecule is CC1CC=CC2C=CC(CCCN)C(C)C21. The molecule has 0 saturated carbocycles. The molecule has 0 bridgehead atoms. The third-order valence-corrected chi connectivity index (χ3v) is 4.57. The minimum Gasteiger partial charge on any atom is -0.330 e. The summed E-state index contributed by atoms with van der Waals surface area (Å²) in [6, 6.07) is 0. The summed E-state index contributed by atoms with van der Waals surface area (Å²) in [6.45, 7) is 5.69. The van der Waals surface area contributed by atoms with Crippen LogP contribution in [0.4, 0.5) is 0 Å². The van der Waals surface area contributed by atoms with Gasteiger partial charge in [0.15, 0.2) is 0 Å². The van der Waals surface area contributed by atoms with Crippen molar-refractivity contribution in [3.05, 3.63) is 24.3 Å². The molecule has 0 radical (unpaired) electrons. The van der Waals surface area contributed by atoms with Gasteiger partial charge in [0, 0.05) is 0 Å². The van der Waals surface area contributed by atoms with Crippen LogP contribution in [0.1, 0.15) is 33.1 Å². The molecule has 1 nitrogen and oxygen atoms in total. The van der Waals surface area contributed by atoms with Gasteiger partial charge in [-0.15, -0.1) is 0 Å². The zero-order chi connectivity index (χ0) is 11.5. The first-order valence-electron chi connectivity index (χ1n) is 6.79. The minimum absolute atomic E-state index is 0.702. The highest BCUT2D eigenvalue weighted by molar-refractivity contribution is 5.14. The maximum Gasteiger partial charge on any atom is -0.00197 e. The molecular weight excluding hydrogens is 194 g/mol. The van der Waals surface area contributed by atoms with Gasteiger partial charge in [0.05, 0.1) is 0 Å². The number of hydrogen-bond acceptors (Lipinski definition) is 1. The monoisotopic (exact) mass is 219 g/mol. The van der Waals surface area contributed by atoms with Crippen molar-refractivity contribution in [2.24, 2.45) is 35.3 Å². The summed E-state index contributed by atoms with van der Waals surface area (Å²) >= 11 is 0. The first-order chi connectivity index (χ1) is 7.74. The molecule has 0 aromatic heterocycles. The predicted molar refractivity (Wildman–Crippen MR) is 70.0 cm³/mol. The normalized spacial score (nSPS) is 42.1. The number of fused-ring (bicyclic) bond motifs is 1. The van der Waals surface area contributed by atoms with Crippen LogP contribution in [-0.2, 0) is 0 Å². The largest absolute Gasteiger partial charge is 0.330 e. The molecule has 2 aliphatic carbocycles. The molecule has 0 heterocycles. The molecule has 2 N–H and O–H groups in total. The van der Waals surface area contributed by atoms with E-state index in [0.29, 0.717) is 5.92 Å². The first kappa shape index (κ1) is 11.9. The van der Waals surface area contributed by atoms with Crippen molar-refractivity contribution in [3.8, 4) is 0 Å². The van der Waals surface area contributed by atoms with E-state index in [0.717, 1.165) is 30.2 Å². The summed E-state index contributed by atoms with van der Waals surface area (Å²) in [5.41, 5.74) is 5.61. The van der Waals surface area contributed by atoms with E-state index >= 15 is 0 Å². The summed E-state index contributed by atoms with van der Waals surface area (Å²) < 4.78 is 0. The Kier molecular flexibility index (Phi) is 3.86. The van der Waals surface area contributed by atoms with Gasteiger partial charge in [-0.05, 0) is 55.4 Å². The molecule has 0 aromatic carbocycles. The van der Waals surface area contributed by atoms with Crippen LogP contribution < -0.4 is 5.73 Å². The highest BCUT2D eigenvalue weighted by Crippen LogP contribution is 2.44.